The lowest BCUT2D eigenvalue weighted by molar-refractivity contribution is -0.132. The number of amides is 3. The monoisotopic (exact) mass is 357 g/mol. The summed E-state index contributed by atoms with van der Waals surface area (Å²) in [5.74, 6) is 0.318. The molecule has 138 valence electrons. The molecule has 1 aliphatic heterocycles. The highest BCUT2D eigenvalue weighted by atomic mass is 16.2. The molecular weight excluding hydrogens is 334 g/mol. The Morgan fingerprint density at radius 1 is 1.12 bits per heavy atom. The van der Waals surface area contributed by atoms with E-state index >= 15 is 0 Å². The van der Waals surface area contributed by atoms with Gasteiger partial charge in [-0.2, -0.15) is 0 Å². The van der Waals surface area contributed by atoms with Crippen LogP contribution in [0.25, 0.3) is 0 Å². The van der Waals surface area contributed by atoms with Crippen LogP contribution in [0.4, 0.5) is 16.3 Å². The summed E-state index contributed by atoms with van der Waals surface area (Å²) in [4.78, 5) is 29.6. The molecule has 1 N–H and O–H groups in total. The van der Waals surface area contributed by atoms with Crippen LogP contribution in [0, 0.1) is 0 Å². The Bertz CT molecular complexity index is 751. The molecule has 0 radical (unpaired) electrons. The molecule has 2 aromatic rings. The predicted molar refractivity (Wildman–Crippen MR) is 98.0 cm³/mol. The highest BCUT2D eigenvalue weighted by Crippen LogP contribution is 2.15. The Morgan fingerprint density at radius 3 is 2.46 bits per heavy atom. The Hall–Kier alpha value is -3.10. The summed E-state index contributed by atoms with van der Waals surface area (Å²) in [6.07, 6.45) is 1.56. The first kappa shape index (κ1) is 17.7. The molecule has 0 atom stereocenters. The van der Waals surface area contributed by atoms with Gasteiger partial charge in [-0.1, -0.05) is 23.4 Å². The number of benzene rings is 1. The summed E-state index contributed by atoms with van der Waals surface area (Å²) >= 11 is 0. The SMILES string of the molecule is CN(C)C(=O)Nc1cn(CC(=O)N2CCN(c3ccccc3)CC2)nn1. The molecule has 3 rings (SSSR count). The molecule has 0 bridgehead atoms. The molecule has 1 saturated heterocycles. The molecule has 1 aromatic carbocycles. The first-order chi connectivity index (χ1) is 12.5. The maximum absolute atomic E-state index is 12.5. The Labute approximate surface area is 152 Å². The van der Waals surface area contributed by atoms with Crippen molar-refractivity contribution in [3.8, 4) is 0 Å². The van der Waals surface area contributed by atoms with E-state index in [1.807, 2.05) is 23.1 Å². The number of carbonyl (C=O) groups is 2. The van der Waals surface area contributed by atoms with E-state index in [0.717, 1.165) is 13.1 Å². The van der Waals surface area contributed by atoms with Crippen LogP contribution in [0.5, 0.6) is 0 Å². The number of anilines is 2. The van der Waals surface area contributed by atoms with Gasteiger partial charge in [-0.15, -0.1) is 5.10 Å². The zero-order chi connectivity index (χ0) is 18.5. The van der Waals surface area contributed by atoms with Crippen molar-refractivity contribution in [2.24, 2.45) is 0 Å². The van der Waals surface area contributed by atoms with E-state index in [-0.39, 0.29) is 18.5 Å². The fourth-order valence-electron chi connectivity index (χ4n) is 2.75. The molecular formula is C17H23N7O2. The number of hydrogen-bond donors (Lipinski definition) is 1. The first-order valence-electron chi connectivity index (χ1n) is 8.49. The third kappa shape index (κ3) is 4.29. The van der Waals surface area contributed by atoms with Crippen LogP contribution in [0.2, 0.25) is 0 Å². The third-order valence-corrected chi connectivity index (χ3v) is 4.23. The van der Waals surface area contributed by atoms with Crippen LogP contribution in [0.1, 0.15) is 0 Å². The average Bonchev–Trinajstić information content (AvgIpc) is 3.09. The van der Waals surface area contributed by atoms with E-state index < -0.39 is 0 Å². The van der Waals surface area contributed by atoms with E-state index in [2.05, 4.69) is 32.7 Å². The van der Waals surface area contributed by atoms with E-state index in [4.69, 9.17) is 0 Å². The highest BCUT2D eigenvalue weighted by molar-refractivity contribution is 5.87. The van der Waals surface area contributed by atoms with Gasteiger partial charge in [0.1, 0.15) is 6.54 Å². The van der Waals surface area contributed by atoms with E-state index in [0.29, 0.717) is 18.9 Å². The van der Waals surface area contributed by atoms with Crippen LogP contribution in [-0.2, 0) is 11.3 Å². The number of carbonyl (C=O) groups excluding carboxylic acids is 2. The zero-order valence-corrected chi connectivity index (χ0v) is 15.0. The van der Waals surface area contributed by atoms with Crippen molar-refractivity contribution in [3.05, 3.63) is 36.5 Å². The number of hydrogen-bond acceptors (Lipinski definition) is 5. The van der Waals surface area contributed by atoms with Crippen molar-refractivity contribution < 1.29 is 9.59 Å². The van der Waals surface area contributed by atoms with Gasteiger partial charge in [-0.25, -0.2) is 9.48 Å². The fraction of sp³-hybridized carbons (Fsp3) is 0.412. The lowest BCUT2D eigenvalue weighted by atomic mass is 10.2. The number of nitrogens with zero attached hydrogens (tertiary/aromatic N) is 6. The maximum Gasteiger partial charge on any atom is 0.322 e. The molecule has 9 nitrogen and oxygen atoms in total. The van der Waals surface area contributed by atoms with Crippen LogP contribution in [0.15, 0.2) is 36.5 Å². The molecule has 1 aliphatic rings. The molecule has 0 aliphatic carbocycles. The van der Waals surface area contributed by atoms with Crippen LogP contribution >= 0.6 is 0 Å². The number of aromatic nitrogens is 3. The van der Waals surface area contributed by atoms with Crippen LogP contribution < -0.4 is 10.2 Å². The number of rotatable bonds is 4. The quantitative estimate of drug-likeness (QED) is 0.871. The number of piperazine rings is 1. The molecule has 2 heterocycles. The largest absolute Gasteiger partial charge is 0.368 e. The minimum absolute atomic E-state index is 0.00639. The van der Waals surface area contributed by atoms with Gasteiger partial charge in [0.25, 0.3) is 0 Å². The molecule has 0 saturated carbocycles. The van der Waals surface area contributed by atoms with Gasteiger partial charge in [0.05, 0.1) is 6.20 Å². The van der Waals surface area contributed by atoms with Gasteiger partial charge in [0, 0.05) is 46.0 Å². The lowest BCUT2D eigenvalue weighted by Gasteiger charge is -2.36. The van der Waals surface area contributed by atoms with Gasteiger partial charge < -0.3 is 14.7 Å². The van der Waals surface area contributed by atoms with Crippen LogP contribution in [-0.4, -0.2) is 77.0 Å². The highest BCUT2D eigenvalue weighted by Gasteiger charge is 2.21. The van der Waals surface area contributed by atoms with Gasteiger partial charge >= 0.3 is 6.03 Å². The van der Waals surface area contributed by atoms with Crippen molar-refractivity contribution in [2.75, 3.05) is 50.5 Å². The number of nitrogens with one attached hydrogen (secondary N) is 1. The van der Waals surface area contributed by atoms with Crippen molar-refractivity contribution >= 4 is 23.4 Å². The van der Waals surface area contributed by atoms with Crippen molar-refractivity contribution in [1.82, 2.24) is 24.8 Å². The minimum Gasteiger partial charge on any atom is -0.368 e. The predicted octanol–water partition coefficient (Wildman–Crippen LogP) is 0.720. The number of urea groups is 1. The first-order valence-corrected chi connectivity index (χ1v) is 8.49. The second kappa shape index (κ2) is 7.85. The number of para-hydroxylation sites is 1. The Kier molecular flexibility index (Phi) is 5.35. The van der Waals surface area contributed by atoms with Gasteiger partial charge in [-0.05, 0) is 12.1 Å². The molecule has 1 aromatic heterocycles. The molecule has 1 fully saturated rings. The second-order valence-electron chi connectivity index (χ2n) is 6.33. The molecule has 26 heavy (non-hydrogen) atoms. The van der Waals surface area contributed by atoms with Crippen molar-refractivity contribution in [2.45, 2.75) is 6.54 Å². The van der Waals surface area contributed by atoms with E-state index in [1.54, 1.807) is 20.3 Å². The van der Waals surface area contributed by atoms with Crippen molar-refractivity contribution in [3.63, 3.8) is 0 Å². The Morgan fingerprint density at radius 2 is 1.81 bits per heavy atom. The Balaban J connectivity index is 1.50. The standard InChI is InChI=1S/C17H23N7O2/c1-21(2)17(26)18-15-12-24(20-19-15)13-16(25)23-10-8-22(9-11-23)14-6-4-3-5-7-14/h3-7,12H,8-11,13H2,1-2H3,(H,18,26). The fourth-order valence-corrected chi connectivity index (χ4v) is 2.75. The van der Waals surface area contributed by atoms with Gasteiger partial charge in [0.2, 0.25) is 5.91 Å². The summed E-state index contributed by atoms with van der Waals surface area (Å²) in [7, 11) is 3.27. The average molecular weight is 357 g/mol. The van der Waals surface area contributed by atoms with Crippen molar-refractivity contribution in [1.29, 1.82) is 0 Å². The maximum atomic E-state index is 12.5. The molecule has 0 spiro atoms. The summed E-state index contributed by atoms with van der Waals surface area (Å²) in [6.45, 7) is 3.06. The van der Waals surface area contributed by atoms with E-state index in [1.165, 1.54) is 15.3 Å². The molecule has 3 amide bonds. The summed E-state index contributed by atoms with van der Waals surface area (Å²) in [5, 5.41) is 10.4. The normalized spacial score (nSPS) is 14.2. The topological polar surface area (TPSA) is 86.6 Å². The van der Waals surface area contributed by atoms with Crippen LogP contribution in [0.3, 0.4) is 0 Å². The molecule has 9 heteroatoms. The summed E-state index contributed by atoms with van der Waals surface area (Å²) in [6, 6.07) is 9.90. The lowest BCUT2D eigenvalue weighted by Crippen LogP contribution is -2.49. The molecule has 0 unspecified atom stereocenters. The van der Waals surface area contributed by atoms with Gasteiger partial charge in [-0.3, -0.25) is 10.1 Å². The zero-order valence-electron chi connectivity index (χ0n) is 15.0. The van der Waals surface area contributed by atoms with Gasteiger partial charge in [0.15, 0.2) is 5.82 Å². The smallest absolute Gasteiger partial charge is 0.322 e. The third-order valence-electron chi connectivity index (χ3n) is 4.23. The summed E-state index contributed by atoms with van der Waals surface area (Å²) < 4.78 is 1.44. The van der Waals surface area contributed by atoms with E-state index in [9.17, 15) is 9.59 Å². The minimum atomic E-state index is -0.291. The summed E-state index contributed by atoms with van der Waals surface area (Å²) in [5.41, 5.74) is 1.18. The second-order valence-corrected chi connectivity index (χ2v) is 6.33.